The van der Waals surface area contributed by atoms with Gasteiger partial charge in [0.2, 0.25) is 5.91 Å². The second kappa shape index (κ2) is 6.22. The molecule has 0 aliphatic heterocycles. The van der Waals surface area contributed by atoms with E-state index in [9.17, 15) is 9.90 Å². The van der Waals surface area contributed by atoms with Gasteiger partial charge in [-0.2, -0.15) is 0 Å². The molecule has 0 bridgehead atoms. The van der Waals surface area contributed by atoms with Gasteiger partial charge in [-0.15, -0.1) is 0 Å². The zero-order valence-corrected chi connectivity index (χ0v) is 9.97. The van der Waals surface area contributed by atoms with Crippen LogP contribution in [0.2, 0.25) is 0 Å². The van der Waals surface area contributed by atoms with Crippen molar-refractivity contribution in [3.05, 3.63) is 29.8 Å². The number of nitrogens with zero attached hydrogens (tertiary/aromatic N) is 1. The largest absolute Gasteiger partial charge is 0.398 e. The van der Waals surface area contributed by atoms with Gasteiger partial charge < -0.3 is 16.6 Å². The number of carbonyl (C=O) groups is 1. The number of anilines is 1. The third kappa shape index (κ3) is 4.84. The monoisotopic (exact) mass is 237 g/mol. The molecule has 1 amide bonds. The zero-order chi connectivity index (χ0) is 12.8. The van der Waals surface area contributed by atoms with Gasteiger partial charge in [0, 0.05) is 18.8 Å². The van der Waals surface area contributed by atoms with Crippen LogP contribution in [0, 0.1) is 0 Å². The van der Waals surface area contributed by atoms with Crippen LogP contribution in [-0.2, 0) is 11.3 Å². The second-order valence-corrected chi connectivity index (χ2v) is 4.18. The molecule has 0 fully saturated rings. The highest BCUT2D eigenvalue weighted by atomic mass is 16.3. The maximum atomic E-state index is 10.9. The first-order chi connectivity index (χ1) is 7.99. The average Bonchev–Trinajstić information content (AvgIpc) is 2.19. The Hall–Kier alpha value is -1.59. The minimum atomic E-state index is -0.515. The van der Waals surface area contributed by atoms with Crippen molar-refractivity contribution in [2.24, 2.45) is 5.73 Å². The lowest BCUT2D eigenvalue weighted by Crippen LogP contribution is -2.37. The van der Waals surface area contributed by atoms with E-state index in [0.717, 1.165) is 5.56 Å². The summed E-state index contributed by atoms with van der Waals surface area (Å²) in [6.07, 6.45) is -0.515. The highest BCUT2D eigenvalue weighted by Gasteiger charge is 2.12. The zero-order valence-electron chi connectivity index (χ0n) is 9.97. The molecule has 0 spiro atoms. The van der Waals surface area contributed by atoms with Crippen LogP contribution in [0.25, 0.3) is 0 Å². The van der Waals surface area contributed by atoms with Crippen molar-refractivity contribution in [3.8, 4) is 0 Å². The standard InChI is InChI=1S/C12H19N3O2/c1-9(16)6-15(8-12(14)17)7-10-4-2-3-5-11(10)13/h2-5,9,16H,6-8,13H2,1H3,(H2,14,17). The number of hydrogen-bond donors (Lipinski definition) is 3. The molecular weight excluding hydrogens is 218 g/mol. The molecule has 0 saturated heterocycles. The van der Waals surface area contributed by atoms with Gasteiger partial charge in [0.05, 0.1) is 12.6 Å². The Kier molecular flexibility index (Phi) is 4.93. The van der Waals surface area contributed by atoms with Gasteiger partial charge in [0.1, 0.15) is 0 Å². The number of para-hydroxylation sites is 1. The first kappa shape index (κ1) is 13.5. The maximum Gasteiger partial charge on any atom is 0.231 e. The van der Waals surface area contributed by atoms with Gasteiger partial charge >= 0.3 is 0 Å². The SMILES string of the molecule is CC(O)CN(CC(N)=O)Cc1ccccc1N. The number of amides is 1. The van der Waals surface area contributed by atoms with E-state index in [1.54, 1.807) is 17.9 Å². The predicted octanol–water partition coefficient (Wildman–Crippen LogP) is -0.0631. The van der Waals surface area contributed by atoms with Gasteiger partial charge in [-0.25, -0.2) is 0 Å². The Labute approximate surface area is 101 Å². The Balaban J connectivity index is 2.71. The van der Waals surface area contributed by atoms with Crippen molar-refractivity contribution in [1.82, 2.24) is 4.90 Å². The predicted molar refractivity (Wildman–Crippen MR) is 67.0 cm³/mol. The minimum absolute atomic E-state index is 0.110. The molecule has 0 aliphatic carbocycles. The Morgan fingerprint density at radius 2 is 2.12 bits per heavy atom. The summed E-state index contributed by atoms with van der Waals surface area (Å²) in [5, 5.41) is 9.36. The molecule has 1 atom stereocenters. The number of hydrogen-bond acceptors (Lipinski definition) is 4. The summed E-state index contributed by atoms with van der Waals surface area (Å²) < 4.78 is 0. The smallest absolute Gasteiger partial charge is 0.231 e. The van der Waals surface area contributed by atoms with E-state index in [2.05, 4.69) is 0 Å². The number of carbonyl (C=O) groups excluding carboxylic acids is 1. The third-order valence-corrected chi connectivity index (χ3v) is 2.35. The van der Waals surface area contributed by atoms with Gasteiger partial charge in [0.25, 0.3) is 0 Å². The molecule has 0 aromatic heterocycles. The van der Waals surface area contributed by atoms with Gasteiger partial charge in [-0.3, -0.25) is 9.69 Å². The molecule has 0 saturated carbocycles. The van der Waals surface area contributed by atoms with Crippen LogP contribution >= 0.6 is 0 Å². The molecule has 1 unspecified atom stereocenters. The fraction of sp³-hybridized carbons (Fsp3) is 0.417. The molecule has 1 aromatic carbocycles. The van der Waals surface area contributed by atoms with Crippen molar-refractivity contribution in [3.63, 3.8) is 0 Å². The first-order valence-corrected chi connectivity index (χ1v) is 5.51. The summed E-state index contributed by atoms with van der Waals surface area (Å²) >= 11 is 0. The third-order valence-electron chi connectivity index (χ3n) is 2.35. The van der Waals surface area contributed by atoms with E-state index in [1.165, 1.54) is 0 Å². The van der Waals surface area contributed by atoms with Crippen LogP contribution < -0.4 is 11.5 Å². The summed E-state index contributed by atoms with van der Waals surface area (Å²) in [6.45, 7) is 2.67. The van der Waals surface area contributed by atoms with Crippen molar-refractivity contribution in [1.29, 1.82) is 0 Å². The topological polar surface area (TPSA) is 92.6 Å². The number of benzene rings is 1. The number of primary amides is 1. The maximum absolute atomic E-state index is 10.9. The van der Waals surface area contributed by atoms with Crippen LogP contribution in [0.4, 0.5) is 5.69 Å². The lowest BCUT2D eigenvalue weighted by Gasteiger charge is -2.22. The fourth-order valence-corrected chi connectivity index (χ4v) is 1.70. The van der Waals surface area contributed by atoms with Crippen molar-refractivity contribution in [2.75, 3.05) is 18.8 Å². The number of nitrogen functional groups attached to an aromatic ring is 1. The van der Waals surface area contributed by atoms with E-state index in [0.29, 0.717) is 18.8 Å². The normalized spacial score (nSPS) is 12.6. The van der Waals surface area contributed by atoms with E-state index < -0.39 is 12.0 Å². The lowest BCUT2D eigenvalue weighted by atomic mass is 10.1. The van der Waals surface area contributed by atoms with Gasteiger partial charge in [-0.05, 0) is 18.6 Å². The van der Waals surface area contributed by atoms with Crippen LogP contribution in [0.15, 0.2) is 24.3 Å². The molecule has 5 heteroatoms. The van der Waals surface area contributed by atoms with E-state index in [4.69, 9.17) is 11.5 Å². The minimum Gasteiger partial charge on any atom is -0.398 e. The van der Waals surface area contributed by atoms with Crippen LogP contribution in [-0.4, -0.2) is 35.1 Å². The molecule has 5 N–H and O–H groups in total. The molecule has 0 radical (unpaired) electrons. The quantitative estimate of drug-likeness (QED) is 0.604. The van der Waals surface area contributed by atoms with Crippen LogP contribution in [0.3, 0.4) is 0 Å². The van der Waals surface area contributed by atoms with Gasteiger partial charge in [0.15, 0.2) is 0 Å². The molecule has 1 rings (SSSR count). The lowest BCUT2D eigenvalue weighted by molar-refractivity contribution is -0.119. The molecular formula is C12H19N3O2. The summed E-state index contributed by atoms with van der Waals surface area (Å²) in [7, 11) is 0. The van der Waals surface area contributed by atoms with Crippen LogP contribution in [0.1, 0.15) is 12.5 Å². The average molecular weight is 237 g/mol. The fourth-order valence-electron chi connectivity index (χ4n) is 1.70. The van der Waals surface area contributed by atoms with Crippen LogP contribution in [0.5, 0.6) is 0 Å². The number of aliphatic hydroxyl groups excluding tert-OH is 1. The number of rotatable bonds is 6. The summed E-state index contributed by atoms with van der Waals surface area (Å²) in [5.41, 5.74) is 12.6. The van der Waals surface area contributed by atoms with Crippen molar-refractivity contribution >= 4 is 11.6 Å². The molecule has 0 heterocycles. The molecule has 1 aromatic rings. The van der Waals surface area contributed by atoms with E-state index >= 15 is 0 Å². The Morgan fingerprint density at radius 1 is 1.47 bits per heavy atom. The molecule has 17 heavy (non-hydrogen) atoms. The van der Waals surface area contributed by atoms with Crippen molar-refractivity contribution < 1.29 is 9.90 Å². The van der Waals surface area contributed by atoms with E-state index in [1.807, 2.05) is 18.2 Å². The van der Waals surface area contributed by atoms with Crippen molar-refractivity contribution in [2.45, 2.75) is 19.6 Å². The summed E-state index contributed by atoms with van der Waals surface area (Å²) in [4.78, 5) is 12.7. The highest BCUT2D eigenvalue weighted by Crippen LogP contribution is 2.13. The second-order valence-electron chi connectivity index (χ2n) is 4.18. The first-order valence-electron chi connectivity index (χ1n) is 5.51. The Bertz CT molecular complexity index is 380. The summed E-state index contributed by atoms with van der Waals surface area (Å²) in [6, 6.07) is 7.44. The number of nitrogens with two attached hydrogens (primary N) is 2. The Morgan fingerprint density at radius 3 is 2.65 bits per heavy atom. The molecule has 5 nitrogen and oxygen atoms in total. The molecule has 94 valence electrons. The highest BCUT2D eigenvalue weighted by molar-refractivity contribution is 5.75. The van der Waals surface area contributed by atoms with Gasteiger partial charge in [-0.1, -0.05) is 18.2 Å². The summed E-state index contributed by atoms with van der Waals surface area (Å²) in [5.74, 6) is -0.417. The molecule has 0 aliphatic rings. The number of aliphatic hydroxyl groups is 1. The van der Waals surface area contributed by atoms with E-state index in [-0.39, 0.29) is 6.54 Å².